The normalized spacial score (nSPS) is 18.0. The lowest BCUT2D eigenvalue weighted by atomic mass is 9.95. The third-order valence-electron chi connectivity index (χ3n) is 3.33. The summed E-state index contributed by atoms with van der Waals surface area (Å²) in [5.74, 6) is 0.801. The van der Waals surface area contributed by atoms with Crippen molar-refractivity contribution in [1.29, 1.82) is 0 Å². The Balaban J connectivity index is 2.24. The van der Waals surface area contributed by atoms with E-state index in [4.69, 9.17) is 22.7 Å². The summed E-state index contributed by atoms with van der Waals surface area (Å²) in [6, 6.07) is 7.26. The van der Waals surface area contributed by atoms with Gasteiger partial charge in [0.25, 0.3) is 0 Å². The zero-order valence-corrected chi connectivity index (χ0v) is 13.8. The minimum Gasteiger partial charge on any atom is -0.493 e. The van der Waals surface area contributed by atoms with Crippen LogP contribution >= 0.6 is 12.2 Å². The molecule has 0 unspecified atom stereocenters. The van der Waals surface area contributed by atoms with Crippen LogP contribution in [0.4, 0.5) is 0 Å². The lowest BCUT2D eigenvalue weighted by molar-refractivity contribution is -0.115. The van der Waals surface area contributed by atoms with Crippen molar-refractivity contribution in [1.82, 2.24) is 10.6 Å². The Morgan fingerprint density at radius 2 is 2.00 bits per heavy atom. The van der Waals surface area contributed by atoms with Crippen LogP contribution in [0.2, 0.25) is 0 Å². The van der Waals surface area contributed by atoms with Crippen molar-refractivity contribution < 1.29 is 9.53 Å². The van der Waals surface area contributed by atoms with Crippen molar-refractivity contribution in [3.63, 3.8) is 0 Å². The lowest BCUT2D eigenvalue weighted by Gasteiger charge is -2.29. The number of benzene rings is 1. The van der Waals surface area contributed by atoms with E-state index in [1.54, 1.807) is 6.92 Å². The van der Waals surface area contributed by atoms with Crippen LogP contribution in [0, 0.1) is 5.92 Å². The Morgan fingerprint density at radius 3 is 2.55 bits per heavy atom. The molecule has 1 aromatic carbocycles. The summed E-state index contributed by atoms with van der Waals surface area (Å²) in [5, 5.41) is 6.49. The molecule has 1 atom stereocenters. The fourth-order valence-corrected chi connectivity index (χ4v) is 2.56. The second-order valence-corrected chi connectivity index (χ2v) is 6.12. The van der Waals surface area contributed by atoms with Gasteiger partial charge in [-0.05, 0) is 42.8 Å². The van der Waals surface area contributed by atoms with E-state index in [0.29, 0.717) is 28.9 Å². The fourth-order valence-electron chi connectivity index (χ4n) is 2.29. The van der Waals surface area contributed by atoms with Crippen molar-refractivity contribution in [2.24, 2.45) is 11.7 Å². The van der Waals surface area contributed by atoms with Gasteiger partial charge >= 0.3 is 0 Å². The molecule has 1 aromatic rings. The van der Waals surface area contributed by atoms with Crippen molar-refractivity contribution in [2.45, 2.75) is 26.8 Å². The quantitative estimate of drug-likeness (QED) is 0.724. The standard InChI is InChI=1S/C16H21N3O2S/c1-9(2)8-21-12-6-4-11(5-7-12)14-13(15(17)20)10(3)18-16(22)19-14/h4-7,9,14H,8H2,1-3H3,(H2,17,20)(H2,18,19,22)/t14-/m0/s1. The van der Waals surface area contributed by atoms with Gasteiger partial charge in [-0.25, -0.2) is 0 Å². The van der Waals surface area contributed by atoms with E-state index < -0.39 is 5.91 Å². The summed E-state index contributed by atoms with van der Waals surface area (Å²) in [6.45, 7) is 6.66. The van der Waals surface area contributed by atoms with Gasteiger partial charge in [-0.2, -0.15) is 0 Å². The van der Waals surface area contributed by atoms with Gasteiger partial charge in [-0.15, -0.1) is 0 Å². The Labute approximate surface area is 135 Å². The first kappa shape index (κ1) is 16.3. The molecule has 1 amide bonds. The first-order valence-corrected chi connectivity index (χ1v) is 7.60. The summed E-state index contributed by atoms with van der Waals surface area (Å²) in [4.78, 5) is 11.7. The van der Waals surface area contributed by atoms with Gasteiger partial charge in [0.2, 0.25) is 5.91 Å². The highest BCUT2D eigenvalue weighted by molar-refractivity contribution is 7.80. The molecule has 0 fully saturated rings. The highest BCUT2D eigenvalue weighted by atomic mass is 32.1. The SMILES string of the molecule is CC1=C(C(N)=O)[C@H](c2ccc(OCC(C)C)cc2)NC(=S)N1. The molecule has 4 N–H and O–H groups in total. The van der Waals surface area contributed by atoms with E-state index in [2.05, 4.69) is 24.5 Å². The molecule has 0 spiro atoms. The summed E-state index contributed by atoms with van der Waals surface area (Å²) in [7, 11) is 0. The number of allylic oxidation sites excluding steroid dienone is 1. The summed E-state index contributed by atoms with van der Waals surface area (Å²) < 4.78 is 5.66. The molecular weight excluding hydrogens is 298 g/mol. The maximum Gasteiger partial charge on any atom is 0.248 e. The van der Waals surface area contributed by atoms with Gasteiger partial charge in [0.15, 0.2) is 5.11 Å². The topological polar surface area (TPSA) is 76.4 Å². The molecule has 6 heteroatoms. The molecular formula is C16H21N3O2S. The number of nitrogens with one attached hydrogen (secondary N) is 2. The van der Waals surface area contributed by atoms with Crippen LogP contribution in [0.3, 0.4) is 0 Å². The lowest BCUT2D eigenvalue weighted by Crippen LogP contribution is -2.46. The Morgan fingerprint density at radius 1 is 1.36 bits per heavy atom. The van der Waals surface area contributed by atoms with Crippen LogP contribution in [0.15, 0.2) is 35.5 Å². The fraction of sp³-hybridized carbons (Fsp3) is 0.375. The number of carbonyl (C=O) groups excluding carboxylic acids is 1. The predicted octanol–water partition coefficient (Wildman–Crippen LogP) is 2.00. The average Bonchev–Trinajstić information content (AvgIpc) is 2.44. The number of hydrogen-bond donors (Lipinski definition) is 3. The molecule has 5 nitrogen and oxygen atoms in total. The second-order valence-electron chi connectivity index (χ2n) is 5.71. The van der Waals surface area contributed by atoms with Crippen LogP contribution in [-0.4, -0.2) is 17.6 Å². The van der Waals surface area contributed by atoms with Gasteiger partial charge in [0.1, 0.15) is 5.75 Å². The number of hydrogen-bond acceptors (Lipinski definition) is 3. The molecule has 0 aromatic heterocycles. The molecule has 1 aliphatic heterocycles. The minimum absolute atomic E-state index is 0.342. The molecule has 1 heterocycles. The third-order valence-corrected chi connectivity index (χ3v) is 3.55. The highest BCUT2D eigenvalue weighted by Crippen LogP contribution is 2.27. The summed E-state index contributed by atoms with van der Waals surface area (Å²) >= 11 is 5.16. The van der Waals surface area contributed by atoms with E-state index in [-0.39, 0.29) is 6.04 Å². The van der Waals surface area contributed by atoms with Crippen molar-refractivity contribution in [3.8, 4) is 5.75 Å². The first-order valence-electron chi connectivity index (χ1n) is 7.19. The van der Waals surface area contributed by atoms with Crippen LogP contribution in [0.1, 0.15) is 32.4 Å². The zero-order valence-electron chi connectivity index (χ0n) is 13.0. The Hall–Kier alpha value is -2.08. The number of rotatable bonds is 5. The molecule has 2 rings (SSSR count). The zero-order chi connectivity index (χ0) is 16.3. The van der Waals surface area contributed by atoms with Gasteiger partial charge in [-0.3, -0.25) is 4.79 Å². The van der Waals surface area contributed by atoms with Crippen LogP contribution in [0.5, 0.6) is 5.75 Å². The second kappa shape index (κ2) is 6.79. The largest absolute Gasteiger partial charge is 0.493 e. The molecule has 22 heavy (non-hydrogen) atoms. The smallest absolute Gasteiger partial charge is 0.248 e. The number of primary amides is 1. The Kier molecular flexibility index (Phi) is 5.03. The summed E-state index contributed by atoms with van der Waals surface area (Å²) in [5.41, 5.74) is 7.58. The van der Waals surface area contributed by atoms with Crippen LogP contribution in [0.25, 0.3) is 0 Å². The van der Waals surface area contributed by atoms with Crippen molar-refractivity contribution in [3.05, 3.63) is 41.1 Å². The number of thiocarbonyl (C=S) groups is 1. The van der Waals surface area contributed by atoms with E-state index in [9.17, 15) is 4.79 Å². The molecule has 0 saturated heterocycles. The van der Waals surface area contributed by atoms with Gasteiger partial charge in [0, 0.05) is 5.70 Å². The monoisotopic (exact) mass is 319 g/mol. The van der Waals surface area contributed by atoms with Crippen molar-refractivity contribution >= 4 is 23.2 Å². The minimum atomic E-state index is -0.467. The molecule has 118 valence electrons. The maximum absolute atomic E-state index is 11.7. The average molecular weight is 319 g/mol. The predicted molar refractivity (Wildman–Crippen MR) is 90.3 cm³/mol. The van der Waals surface area contributed by atoms with E-state index in [1.807, 2.05) is 24.3 Å². The van der Waals surface area contributed by atoms with E-state index >= 15 is 0 Å². The number of ether oxygens (including phenoxy) is 1. The molecule has 0 radical (unpaired) electrons. The molecule has 0 bridgehead atoms. The number of amides is 1. The highest BCUT2D eigenvalue weighted by Gasteiger charge is 2.28. The van der Waals surface area contributed by atoms with Gasteiger partial charge < -0.3 is 21.1 Å². The van der Waals surface area contributed by atoms with Crippen molar-refractivity contribution in [2.75, 3.05) is 6.61 Å². The van der Waals surface area contributed by atoms with Gasteiger partial charge in [0.05, 0.1) is 18.2 Å². The van der Waals surface area contributed by atoms with Crippen LogP contribution in [-0.2, 0) is 4.79 Å². The van der Waals surface area contributed by atoms with Crippen LogP contribution < -0.4 is 21.1 Å². The number of carbonyl (C=O) groups is 1. The number of nitrogens with two attached hydrogens (primary N) is 1. The molecule has 0 aliphatic carbocycles. The van der Waals surface area contributed by atoms with E-state index in [0.717, 1.165) is 11.3 Å². The first-order chi connectivity index (χ1) is 10.4. The molecule has 0 saturated carbocycles. The third kappa shape index (κ3) is 3.76. The maximum atomic E-state index is 11.7. The van der Waals surface area contributed by atoms with Gasteiger partial charge in [-0.1, -0.05) is 26.0 Å². The molecule has 1 aliphatic rings. The summed E-state index contributed by atoms with van der Waals surface area (Å²) in [6.07, 6.45) is 0. The Bertz CT molecular complexity index is 608. The van der Waals surface area contributed by atoms with E-state index in [1.165, 1.54) is 0 Å².